The molecular weight excluding hydrogens is 296 g/mol. The molecule has 0 aliphatic heterocycles. The molecule has 0 N–H and O–H groups in total. The van der Waals surface area contributed by atoms with Crippen molar-refractivity contribution in [3.63, 3.8) is 0 Å². The number of hydrogen-bond acceptors (Lipinski definition) is 3. The number of rotatable bonds is 4. The molecule has 3 fully saturated rings. The second-order valence-corrected chi connectivity index (χ2v) is 8.77. The summed E-state index contributed by atoms with van der Waals surface area (Å²) in [6.45, 7) is 0. The third kappa shape index (κ3) is 1.83. The van der Waals surface area contributed by atoms with Crippen LogP contribution in [-0.4, -0.2) is 20.3 Å². The summed E-state index contributed by atoms with van der Waals surface area (Å²) in [6.07, 6.45) is 2.56. The molecule has 2 aromatic rings. The second-order valence-electron chi connectivity index (χ2n) is 6.42. The zero-order valence-corrected chi connectivity index (χ0v) is 13.3. The normalized spacial score (nSPS) is 26.0. The van der Waals surface area contributed by atoms with Gasteiger partial charge in [-0.1, -0.05) is 24.3 Å². The molecule has 3 aliphatic rings. The lowest BCUT2D eigenvalue weighted by atomic mass is 9.55. The molecule has 0 atom stereocenters. The largest absolute Gasteiger partial charge is 0.497 e. The van der Waals surface area contributed by atoms with Crippen LogP contribution in [-0.2, 0) is 9.84 Å². The van der Waals surface area contributed by atoms with Crippen molar-refractivity contribution in [3.8, 4) is 16.9 Å². The lowest BCUT2D eigenvalue weighted by molar-refractivity contribution is 0.0483. The zero-order chi connectivity index (χ0) is 15.4. The van der Waals surface area contributed by atoms with E-state index < -0.39 is 14.6 Å². The van der Waals surface area contributed by atoms with Crippen LogP contribution in [0.5, 0.6) is 5.75 Å². The van der Waals surface area contributed by atoms with Crippen LogP contribution in [0.25, 0.3) is 11.1 Å². The maximum Gasteiger partial charge on any atom is 0.184 e. The van der Waals surface area contributed by atoms with Gasteiger partial charge in [-0.25, -0.2) is 8.42 Å². The molecule has 0 saturated heterocycles. The monoisotopic (exact) mass is 314 g/mol. The molecule has 2 bridgehead atoms. The van der Waals surface area contributed by atoms with Gasteiger partial charge in [-0.05, 0) is 60.6 Å². The van der Waals surface area contributed by atoms with Gasteiger partial charge in [-0.2, -0.15) is 0 Å². The van der Waals surface area contributed by atoms with Crippen LogP contribution in [0.3, 0.4) is 0 Å². The third-order valence-electron chi connectivity index (χ3n) is 5.12. The zero-order valence-electron chi connectivity index (χ0n) is 12.5. The first-order valence-electron chi connectivity index (χ1n) is 7.53. The van der Waals surface area contributed by atoms with Crippen molar-refractivity contribution in [2.24, 2.45) is 5.92 Å². The van der Waals surface area contributed by atoms with E-state index in [1.807, 2.05) is 36.4 Å². The van der Waals surface area contributed by atoms with Gasteiger partial charge in [0.25, 0.3) is 0 Å². The molecule has 22 heavy (non-hydrogen) atoms. The molecule has 0 aromatic heterocycles. The van der Waals surface area contributed by atoms with Crippen molar-refractivity contribution in [3.05, 3.63) is 48.5 Å². The Kier molecular flexibility index (Phi) is 2.89. The van der Waals surface area contributed by atoms with Crippen LogP contribution < -0.4 is 4.74 Å². The van der Waals surface area contributed by atoms with E-state index in [1.165, 1.54) is 0 Å². The molecule has 4 heteroatoms. The number of benzene rings is 2. The summed E-state index contributed by atoms with van der Waals surface area (Å²) in [6, 6.07) is 15.0. The summed E-state index contributed by atoms with van der Waals surface area (Å²) < 4.78 is 30.2. The molecular formula is C18H18O3S. The minimum Gasteiger partial charge on any atom is -0.497 e. The molecule has 2 aromatic carbocycles. The van der Waals surface area contributed by atoms with Crippen LogP contribution in [0.1, 0.15) is 19.3 Å². The van der Waals surface area contributed by atoms with Gasteiger partial charge in [-0.15, -0.1) is 0 Å². The molecule has 3 nitrogen and oxygen atoms in total. The minimum atomic E-state index is -3.17. The predicted molar refractivity (Wildman–Crippen MR) is 85.7 cm³/mol. The summed E-state index contributed by atoms with van der Waals surface area (Å²) in [4.78, 5) is 0.456. The average molecular weight is 314 g/mol. The molecule has 0 radical (unpaired) electrons. The topological polar surface area (TPSA) is 43.4 Å². The van der Waals surface area contributed by atoms with Gasteiger partial charge < -0.3 is 4.74 Å². The highest BCUT2D eigenvalue weighted by molar-refractivity contribution is 7.93. The highest BCUT2D eigenvalue weighted by Crippen LogP contribution is 2.63. The molecule has 0 unspecified atom stereocenters. The molecule has 0 amide bonds. The quantitative estimate of drug-likeness (QED) is 0.864. The summed E-state index contributed by atoms with van der Waals surface area (Å²) in [5, 5.41) is 0. The fraction of sp³-hybridized carbons (Fsp3) is 0.333. The lowest BCUT2D eigenvalue weighted by Gasteiger charge is -2.60. The highest BCUT2D eigenvalue weighted by Gasteiger charge is 2.64. The van der Waals surface area contributed by atoms with Crippen LogP contribution >= 0.6 is 0 Å². The van der Waals surface area contributed by atoms with E-state index in [4.69, 9.17) is 4.74 Å². The Morgan fingerprint density at radius 3 is 2.23 bits per heavy atom. The van der Waals surface area contributed by atoms with Gasteiger partial charge in [0.1, 0.15) is 5.75 Å². The first-order valence-corrected chi connectivity index (χ1v) is 9.02. The van der Waals surface area contributed by atoms with Crippen molar-refractivity contribution in [2.75, 3.05) is 7.11 Å². The van der Waals surface area contributed by atoms with Crippen LogP contribution in [0.4, 0.5) is 0 Å². The van der Waals surface area contributed by atoms with Crippen LogP contribution in [0.2, 0.25) is 0 Å². The molecule has 3 saturated carbocycles. The molecule has 3 aliphatic carbocycles. The van der Waals surface area contributed by atoms with E-state index in [-0.39, 0.29) is 0 Å². The standard InChI is InChI=1S/C18H18O3S/c1-21-16-4-2-3-15(9-16)14-5-7-17(8-6-14)22(19,20)18-10-13(11-18)12-18/h2-9,13H,10-12H2,1H3. The van der Waals surface area contributed by atoms with Crippen LogP contribution in [0.15, 0.2) is 53.4 Å². The van der Waals surface area contributed by atoms with Gasteiger partial charge in [0.05, 0.1) is 16.8 Å². The predicted octanol–water partition coefficient (Wildman–Crippen LogP) is 3.69. The smallest absolute Gasteiger partial charge is 0.184 e. The summed E-state index contributed by atoms with van der Waals surface area (Å²) in [5.74, 6) is 1.45. The van der Waals surface area contributed by atoms with Crippen molar-refractivity contribution < 1.29 is 13.2 Å². The molecule has 5 rings (SSSR count). The molecule has 0 heterocycles. The first-order chi connectivity index (χ1) is 10.5. The van der Waals surface area contributed by atoms with Gasteiger partial charge in [0.15, 0.2) is 9.84 Å². The Bertz CT molecular complexity index is 805. The molecule has 114 valence electrons. The third-order valence-corrected chi connectivity index (χ3v) is 7.65. The average Bonchev–Trinajstić information content (AvgIpc) is 2.44. The first kappa shape index (κ1) is 13.8. The number of sulfone groups is 1. The summed E-state index contributed by atoms with van der Waals surface area (Å²) in [5.41, 5.74) is 2.02. The van der Waals surface area contributed by atoms with Crippen molar-refractivity contribution in [1.82, 2.24) is 0 Å². The Morgan fingerprint density at radius 1 is 1.00 bits per heavy atom. The van der Waals surface area contributed by atoms with Gasteiger partial charge >= 0.3 is 0 Å². The number of hydrogen-bond donors (Lipinski definition) is 0. The SMILES string of the molecule is COc1cccc(-c2ccc(S(=O)(=O)C34CC(C3)C4)cc2)c1. The van der Waals surface area contributed by atoms with Crippen molar-refractivity contribution in [2.45, 2.75) is 28.9 Å². The van der Waals surface area contributed by atoms with Crippen LogP contribution in [0, 0.1) is 5.92 Å². The fourth-order valence-corrected chi connectivity index (χ4v) is 5.97. The van der Waals surface area contributed by atoms with E-state index in [1.54, 1.807) is 19.2 Å². The maximum atomic E-state index is 12.7. The van der Waals surface area contributed by atoms with E-state index in [0.717, 1.165) is 36.1 Å². The Labute approximate surface area is 130 Å². The highest BCUT2D eigenvalue weighted by atomic mass is 32.2. The summed E-state index contributed by atoms with van der Waals surface area (Å²) in [7, 11) is -1.53. The Balaban J connectivity index is 1.66. The van der Waals surface area contributed by atoms with Gasteiger partial charge in [0, 0.05) is 0 Å². The lowest BCUT2D eigenvalue weighted by Crippen LogP contribution is -2.62. The number of methoxy groups -OCH3 is 1. The molecule has 0 spiro atoms. The fourth-order valence-electron chi connectivity index (χ4n) is 3.61. The van der Waals surface area contributed by atoms with Gasteiger partial charge in [-0.3, -0.25) is 0 Å². The Hall–Kier alpha value is -1.81. The van der Waals surface area contributed by atoms with E-state index >= 15 is 0 Å². The Morgan fingerprint density at radius 2 is 1.68 bits per heavy atom. The van der Waals surface area contributed by atoms with E-state index in [2.05, 4.69) is 0 Å². The minimum absolute atomic E-state index is 0.435. The number of ether oxygens (including phenoxy) is 1. The van der Waals surface area contributed by atoms with Gasteiger partial charge in [0.2, 0.25) is 0 Å². The van der Waals surface area contributed by atoms with Crippen molar-refractivity contribution >= 4 is 9.84 Å². The maximum absolute atomic E-state index is 12.7. The second kappa shape index (κ2) is 4.59. The van der Waals surface area contributed by atoms with E-state index in [9.17, 15) is 8.42 Å². The van der Waals surface area contributed by atoms with Crippen molar-refractivity contribution in [1.29, 1.82) is 0 Å². The van der Waals surface area contributed by atoms with E-state index in [0.29, 0.717) is 10.8 Å². The summed E-state index contributed by atoms with van der Waals surface area (Å²) >= 11 is 0.